The van der Waals surface area contributed by atoms with Gasteiger partial charge in [-0.25, -0.2) is 4.79 Å². The Kier molecular flexibility index (Phi) is 2.74. The second kappa shape index (κ2) is 3.80. The van der Waals surface area contributed by atoms with E-state index in [0.717, 1.165) is 0 Å². The molecule has 0 unspecified atom stereocenters. The van der Waals surface area contributed by atoms with Crippen molar-refractivity contribution in [3.8, 4) is 0 Å². The van der Waals surface area contributed by atoms with Gasteiger partial charge >= 0.3 is 5.97 Å². The van der Waals surface area contributed by atoms with Crippen LogP contribution in [0.15, 0.2) is 17.1 Å². The largest absolute Gasteiger partial charge is 0.477 e. The lowest BCUT2D eigenvalue weighted by Gasteiger charge is -1.99. The van der Waals surface area contributed by atoms with Crippen molar-refractivity contribution in [1.29, 1.82) is 0 Å². The minimum absolute atomic E-state index is 0.0383. The highest BCUT2D eigenvalue weighted by Gasteiger charge is 2.08. The smallest absolute Gasteiger partial charge is 0.354 e. The number of carbonyl (C=O) groups excluding carboxylic acids is 1. The predicted octanol–water partition coefficient (Wildman–Crippen LogP) is 0.431. The summed E-state index contributed by atoms with van der Waals surface area (Å²) in [5, 5.41) is 8.55. The first-order chi connectivity index (χ1) is 5.70. The molecule has 0 aromatic rings. The quantitative estimate of drug-likeness (QED) is 0.615. The third kappa shape index (κ3) is 2.30. The fraction of sp³-hybridized carbons (Fsp3) is 0.375. The molecule has 12 heavy (non-hydrogen) atoms. The van der Waals surface area contributed by atoms with Crippen LogP contribution >= 0.6 is 0 Å². The molecule has 1 N–H and O–H groups in total. The number of rotatable bonds is 1. The molecular weight excluding hydrogens is 158 g/mol. The van der Waals surface area contributed by atoms with E-state index in [4.69, 9.17) is 5.11 Å². The van der Waals surface area contributed by atoms with E-state index in [9.17, 15) is 9.59 Å². The molecule has 0 saturated carbocycles. The third-order valence-electron chi connectivity index (χ3n) is 1.51. The maximum atomic E-state index is 10.9. The first-order valence-corrected chi connectivity index (χ1v) is 3.69. The number of nitrogens with zero attached hydrogens (tertiary/aromatic N) is 1. The molecule has 0 bridgehead atoms. The van der Waals surface area contributed by atoms with Crippen molar-refractivity contribution in [2.24, 2.45) is 4.99 Å². The number of hydrogen-bond donors (Lipinski definition) is 1. The molecule has 0 atom stereocenters. The molecule has 1 aliphatic rings. The standard InChI is InChI=1S/C8H9NO3/c10-6-2-1-5-9-7(4-3-6)8(11)12/h3-4H,1-2,5H2,(H,11,12)/b4-3-,9-7?. The summed E-state index contributed by atoms with van der Waals surface area (Å²) in [5.41, 5.74) is -0.0388. The van der Waals surface area contributed by atoms with Crippen molar-refractivity contribution in [1.82, 2.24) is 0 Å². The number of hydrogen-bond acceptors (Lipinski definition) is 3. The van der Waals surface area contributed by atoms with Crippen molar-refractivity contribution < 1.29 is 14.7 Å². The van der Waals surface area contributed by atoms with Crippen molar-refractivity contribution in [3.63, 3.8) is 0 Å². The van der Waals surface area contributed by atoms with Gasteiger partial charge in [0.25, 0.3) is 0 Å². The summed E-state index contributed by atoms with van der Waals surface area (Å²) in [5.74, 6) is -1.12. The van der Waals surface area contributed by atoms with E-state index in [1.54, 1.807) is 0 Å². The first-order valence-electron chi connectivity index (χ1n) is 3.69. The minimum Gasteiger partial charge on any atom is -0.477 e. The summed E-state index contributed by atoms with van der Waals surface area (Å²) in [6, 6.07) is 0. The van der Waals surface area contributed by atoms with Crippen LogP contribution in [0, 0.1) is 0 Å². The van der Waals surface area contributed by atoms with Crippen LogP contribution in [-0.4, -0.2) is 29.1 Å². The maximum absolute atomic E-state index is 10.9. The summed E-state index contributed by atoms with van der Waals surface area (Å²) >= 11 is 0. The number of aliphatic imine (C=N–C) groups is 1. The summed E-state index contributed by atoms with van der Waals surface area (Å²) in [6.45, 7) is 0.414. The lowest BCUT2D eigenvalue weighted by atomic mass is 10.1. The van der Waals surface area contributed by atoms with Gasteiger partial charge < -0.3 is 5.11 Å². The van der Waals surface area contributed by atoms with Crippen molar-refractivity contribution in [3.05, 3.63) is 12.2 Å². The van der Waals surface area contributed by atoms with E-state index in [-0.39, 0.29) is 11.5 Å². The fourth-order valence-electron chi connectivity index (χ4n) is 0.900. The Morgan fingerprint density at radius 1 is 1.50 bits per heavy atom. The molecular formula is C8H9NO3. The van der Waals surface area contributed by atoms with E-state index in [0.29, 0.717) is 19.4 Å². The molecule has 0 aromatic carbocycles. The average Bonchev–Trinajstić information content (AvgIpc) is 1.97. The second-order valence-electron chi connectivity index (χ2n) is 2.48. The molecule has 0 aromatic heterocycles. The van der Waals surface area contributed by atoms with Crippen LogP contribution in [0.5, 0.6) is 0 Å². The Bertz CT molecular complexity index is 265. The zero-order valence-electron chi connectivity index (χ0n) is 6.49. The van der Waals surface area contributed by atoms with Crippen LogP contribution in [0.4, 0.5) is 0 Å². The third-order valence-corrected chi connectivity index (χ3v) is 1.51. The van der Waals surface area contributed by atoms with Gasteiger partial charge in [-0.1, -0.05) is 0 Å². The highest BCUT2D eigenvalue weighted by Crippen LogP contribution is 1.98. The van der Waals surface area contributed by atoms with Crippen molar-refractivity contribution >= 4 is 17.5 Å². The second-order valence-corrected chi connectivity index (χ2v) is 2.48. The molecule has 1 aliphatic heterocycles. The highest BCUT2D eigenvalue weighted by molar-refractivity contribution is 6.40. The number of aliphatic carboxylic acids is 1. The molecule has 64 valence electrons. The van der Waals surface area contributed by atoms with E-state index >= 15 is 0 Å². The normalized spacial score (nSPS) is 20.7. The van der Waals surface area contributed by atoms with Crippen molar-refractivity contribution in [2.45, 2.75) is 12.8 Å². The molecule has 4 nitrogen and oxygen atoms in total. The molecule has 0 radical (unpaired) electrons. The number of ketones is 1. The number of carbonyl (C=O) groups is 2. The molecule has 1 heterocycles. The topological polar surface area (TPSA) is 66.7 Å². The monoisotopic (exact) mass is 167 g/mol. The first kappa shape index (κ1) is 8.64. The lowest BCUT2D eigenvalue weighted by Crippen LogP contribution is -2.13. The van der Waals surface area contributed by atoms with Gasteiger partial charge in [0.1, 0.15) is 5.71 Å². The van der Waals surface area contributed by atoms with Crippen LogP contribution in [0.1, 0.15) is 12.8 Å². The van der Waals surface area contributed by atoms with E-state index in [1.165, 1.54) is 12.2 Å². The Morgan fingerprint density at radius 2 is 2.25 bits per heavy atom. The molecule has 1 rings (SSSR count). The number of allylic oxidation sites excluding steroid dienone is 1. The Morgan fingerprint density at radius 3 is 2.92 bits per heavy atom. The summed E-state index contributed by atoms with van der Waals surface area (Å²) < 4.78 is 0. The maximum Gasteiger partial charge on any atom is 0.354 e. The Labute approximate surface area is 69.6 Å². The number of carboxylic acid groups (broad SMARTS) is 1. The van der Waals surface area contributed by atoms with Crippen LogP contribution in [-0.2, 0) is 9.59 Å². The van der Waals surface area contributed by atoms with Crippen LogP contribution in [0.2, 0.25) is 0 Å². The van der Waals surface area contributed by atoms with E-state index in [1.807, 2.05) is 0 Å². The molecule has 0 aliphatic carbocycles. The van der Waals surface area contributed by atoms with Gasteiger partial charge in [0.2, 0.25) is 0 Å². The van der Waals surface area contributed by atoms with E-state index < -0.39 is 5.97 Å². The van der Waals surface area contributed by atoms with Gasteiger partial charge in [-0.2, -0.15) is 0 Å². The molecule has 0 fully saturated rings. The van der Waals surface area contributed by atoms with Gasteiger partial charge in [-0.15, -0.1) is 0 Å². The molecule has 0 spiro atoms. The lowest BCUT2D eigenvalue weighted by molar-refractivity contribution is -0.129. The predicted molar refractivity (Wildman–Crippen MR) is 43.3 cm³/mol. The van der Waals surface area contributed by atoms with Gasteiger partial charge in [-0.3, -0.25) is 9.79 Å². The zero-order valence-corrected chi connectivity index (χ0v) is 6.49. The van der Waals surface area contributed by atoms with Crippen LogP contribution in [0.25, 0.3) is 0 Å². The summed E-state index contributed by atoms with van der Waals surface area (Å²) in [7, 11) is 0. The fourth-order valence-corrected chi connectivity index (χ4v) is 0.900. The molecule has 0 saturated heterocycles. The number of carboxylic acids is 1. The highest BCUT2D eigenvalue weighted by atomic mass is 16.4. The average molecular weight is 167 g/mol. The van der Waals surface area contributed by atoms with Crippen molar-refractivity contribution in [2.75, 3.05) is 6.54 Å². The Hall–Kier alpha value is -1.45. The van der Waals surface area contributed by atoms with Gasteiger partial charge in [0.05, 0.1) is 0 Å². The molecule has 0 amide bonds. The Balaban J connectivity index is 2.79. The minimum atomic E-state index is -1.08. The van der Waals surface area contributed by atoms with Gasteiger partial charge in [0, 0.05) is 13.0 Å². The van der Waals surface area contributed by atoms with Gasteiger partial charge in [0.15, 0.2) is 5.78 Å². The van der Waals surface area contributed by atoms with E-state index in [2.05, 4.69) is 4.99 Å². The van der Waals surface area contributed by atoms with Gasteiger partial charge in [-0.05, 0) is 18.6 Å². The SMILES string of the molecule is O=C1/C=C\C(C(=O)O)=NCCC1. The van der Waals surface area contributed by atoms with Crippen LogP contribution < -0.4 is 0 Å². The molecule has 4 heteroatoms. The summed E-state index contributed by atoms with van der Waals surface area (Å²) in [4.78, 5) is 25.1. The summed E-state index contributed by atoms with van der Waals surface area (Å²) in [6.07, 6.45) is 3.60. The van der Waals surface area contributed by atoms with Crippen LogP contribution in [0.3, 0.4) is 0 Å². The zero-order chi connectivity index (χ0) is 8.97.